The first kappa shape index (κ1) is 25.2. The number of nitrogens with zero attached hydrogens (tertiary/aromatic N) is 1. The molecule has 6 nitrogen and oxygen atoms in total. The quantitative estimate of drug-likeness (QED) is 0.328. The fraction of sp³-hybridized carbons (Fsp3) is 0.393. The molecule has 3 rings (SSSR count). The number of nitrogens with one attached hydrogen (secondary N) is 2. The van der Waals surface area contributed by atoms with Crippen LogP contribution < -0.4 is 10.6 Å². The number of hydrogen-bond donors (Lipinski definition) is 2. The number of carbonyl (C=O) groups excluding carboxylic acids is 2. The molecule has 0 unspecified atom stereocenters. The third kappa shape index (κ3) is 8.18. The minimum Gasteiger partial charge on any atom is -0.440 e. The van der Waals surface area contributed by atoms with Gasteiger partial charge in [0, 0.05) is 43.0 Å². The van der Waals surface area contributed by atoms with Crippen molar-refractivity contribution in [2.24, 2.45) is 0 Å². The Morgan fingerprint density at radius 3 is 2.15 bits per heavy atom. The maximum absolute atomic E-state index is 12.3. The molecule has 0 aliphatic heterocycles. The molecule has 180 valence electrons. The van der Waals surface area contributed by atoms with Crippen molar-refractivity contribution >= 4 is 11.8 Å². The Morgan fingerprint density at radius 2 is 1.47 bits per heavy atom. The molecule has 0 spiro atoms. The Kier molecular flexibility index (Phi) is 9.89. The molecule has 3 aromatic rings. The number of rotatable bonds is 13. The second kappa shape index (κ2) is 13.3. The minimum atomic E-state index is -0.00275. The molecule has 0 radical (unpaired) electrons. The summed E-state index contributed by atoms with van der Waals surface area (Å²) in [5, 5.41) is 5.88. The summed E-state index contributed by atoms with van der Waals surface area (Å²) in [6.07, 6.45) is 5.12. The smallest absolute Gasteiger partial charge is 0.220 e. The molecule has 0 saturated carbocycles. The lowest BCUT2D eigenvalue weighted by atomic mass is 10.1. The van der Waals surface area contributed by atoms with Crippen LogP contribution in [0.15, 0.2) is 65.1 Å². The van der Waals surface area contributed by atoms with Crippen molar-refractivity contribution in [2.45, 2.75) is 64.8 Å². The zero-order valence-corrected chi connectivity index (χ0v) is 20.2. The molecule has 2 amide bonds. The van der Waals surface area contributed by atoms with Gasteiger partial charge in [-0.2, -0.15) is 0 Å². The van der Waals surface area contributed by atoms with Crippen LogP contribution in [0.25, 0.3) is 22.6 Å². The van der Waals surface area contributed by atoms with Gasteiger partial charge >= 0.3 is 0 Å². The van der Waals surface area contributed by atoms with Crippen LogP contribution in [0, 0.1) is 0 Å². The van der Waals surface area contributed by atoms with Crippen molar-refractivity contribution in [1.29, 1.82) is 0 Å². The number of oxazole rings is 1. The zero-order valence-electron chi connectivity index (χ0n) is 20.2. The molecular formula is C28H35N3O3. The first-order valence-electron chi connectivity index (χ1n) is 12.2. The highest BCUT2D eigenvalue weighted by atomic mass is 16.4. The molecule has 0 fully saturated rings. The fourth-order valence-corrected chi connectivity index (χ4v) is 3.74. The van der Waals surface area contributed by atoms with Gasteiger partial charge in [-0.15, -0.1) is 0 Å². The van der Waals surface area contributed by atoms with E-state index < -0.39 is 0 Å². The van der Waals surface area contributed by atoms with Crippen LogP contribution in [0.5, 0.6) is 0 Å². The monoisotopic (exact) mass is 461 g/mol. The van der Waals surface area contributed by atoms with E-state index in [1.807, 2.05) is 74.5 Å². The minimum absolute atomic E-state index is 0.00275. The van der Waals surface area contributed by atoms with Crippen molar-refractivity contribution in [3.8, 4) is 22.6 Å². The second-order valence-corrected chi connectivity index (χ2v) is 8.75. The van der Waals surface area contributed by atoms with Crippen LogP contribution >= 0.6 is 0 Å². The van der Waals surface area contributed by atoms with Gasteiger partial charge in [-0.1, -0.05) is 73.5 Å². The van der Waals surface area contributed by atoms with Crippen molar-refractivity contribution in [2.75, 3.05) is 6.54 Å². The SMILES string of the molecule is CC(C)NC(=O)CCCCCCNC(=O)CCc1nc(-c2ccccc2)c(-c2ccccc2)o1. The van der Waals surface area contributed by atoms with Crippen LogP contribution in [0.2, 0.25) is 0 Å². The van der Waals surface area contributed by atoms with Gasteiger partial charge in [0.05, 0.1) is 0 Å². The predicted molar refractivity (Wildman–Crippen MR) is 135 cm³/mol. The third-order valence-corrected chi connectivity index (χ3v) is 5.42. The van der Waals surface area contributed by atoms with Gasteiger partial charge in [0.15, 0.2) is 11.7 Å². The highest BCUT2D eigenvalue weighted by Gasteiger charge is 2.17. The number of unbranched alkanes of at least 4 members (excludes halogenated alkanes) is 3. The van der Waals surface area contributed by atoms with Crippen LogP contribution in [-0.4, -0.2) is 29.4 Å². The molecule has 0 aliphatic rings. The van der Waals surface area contributed by atoms with Crippen LogP contribution in [0.4, 0.5) is 0 Å². The van der Waals surface area contributed by atoms with E-state index in [-0.39, 0.29) is 17.9 Å². The highest BCUT2D eigenvalue weighted by molar-refractivity contribution is 5.78. The van der Waals surface area contributed by atoms with Crippen LogP contribution in [-0.2, 0) is 16.0 Å². The molecule has 0 aliphatic carbocycles. The second-order valence-electron chi connectivity index (χ2n) is 8.75. The molecule has 0 atom stereocenters. The van der Waals surface area contributed by atoms with Crippen molar-refractivity contribution in [1.82, 2.24) is 15.6 Å². The molecule has 6 heteroatoms. The number of hydrogen-bond acceptors (Lipinski definition) is 4. The van der Waals surface area contributed by atoms with E-state index >= 15 is 0 Å². The van der Waals surface area contributed by atoms with E-state index in [4.69, 9.17) is 9.40 Å². The summed E-state index contributed by atoms with van der Waals surface area (Å²) in [6.45, 7) is 4.58. The van der Waals surface area contributed by atoms with Crippen molar-refractivity contribution in [3.05, 3.63) is 66.6 Å². The fourth-order valence-electron chi connectivity index (χ4n) is 3.74. The number of amides is 2. The average molecular weight is 462 g/mol. The summed E-state index contributed by atoms with van der Waals surface area (Å²) in [6, 6.07) is 20.1. The molecule has 2 N–H and O–H groups in total. The highest BCUT2D eigenvalue weighted by Crippen LogP contribution is 2.32. The van der Waals surface area contributed by atoms with Gasteiger partial charge in [-0.25, -0.2) is 4.98 Å². The average Bonchev–Trinajstić information content (AvgIpc) is 3.27. The molecular weight excluding hydrogens is 426 g/mol. The molecule has 2 aromatic carbocycles. The lowest BCUT2D eigenvalue weighted by molar-refractivity contribution is -0.122. The molecule has 0 bridgehead atoms. The largest absolute Gasteiger partial charge is 0.440 e. The van der Waals surface area contributed by atoms with Gasteiger partial charge < -0.3 is 15.1 Å². The van der Waals surface area contributed by atoms with Crippen LogP contribution in [0.3, 0.4) is 0 Å². The number of benzene rings is 2. The van der Waals surface area contributed by atoms with E-state index in [9.17, 15) is 9.59 Å². The summed E-state index contributed by atoms with van der Waals surface area (Å²) in [5.74, 6) is 1.40. The Bertz CT molecular complexity index is 973. The number of carbonyl (C=O) groups is 2. The summed E-state index contributed by atoms with van der Waals surface area (Å²) >= 11 is 0. The summed E-state index contributed by atoms with van der Waals surface area (Å²) in [7, 11) is 0. The normalized spacial score (nSPS) is 10.9. The van der Waals surface area contributed by atoms with E-state index in [1.54, 1.807) is 0 Å². The van der Waals surface area contributed by atoms with Gasteiger partial charge in [0.1, 0.15) is 5.69 Å². The summed E-state index contributed by atoms with van der Waals surface area (Å²) in [4.78, 5) is 28.6. The number of aromatic nitrogens is 1. The lowest BCUT2D eigenvalue weighted by Crippen LogP contribution is -2.29. The standard InChI is InChI=1S/C28H35N3O3/c1-21(2)30-25(33)17-11-3-4-12-20-29-24(32)18-19-26-31-27(22-13-7-5-8-14-22)28(34-26)23-15-9-6-10-16-23/h5-10,13-16,21H,3-4,11-12,17-20H2,1-2H3,(H,29,32)(H,30,33). The zero-order chi connectivity index (χ0) is 24.2. The summed E-state index contributed by atoms with van der Waals surface area (Å²) in [5.41, 5.74) is 2.75. The van der Waals surface area contributed by atoms with E-state index in [0.29, 0.717) is 31.7 Å². The topological polar surface area (TPSA) is 84.2 Å². The molecule has 1 heterocycles. The summed E-state index contributed by atoms with van der Waals surface area (Å²) < 4.78 is 6.10. The number of aryl methyl sites for hydroxylation is 1. The van der Waals surface area contributed by atoms with E-state index in [1.165, 1.54) is 0 Å². The first-order valence-corrected chi connectivity index (χ1v) is 12.2. The van der Waals surface area contributed by atoms with Gasteiger partial charge in [-0.3, -0.25) is 9.59 Å². The molecule has 0 saturated heterocycles. The predicted octanol–water partition coefficient (Wildman–Crippen LogP) is 5.53. The Balaban J connectivity index is 1.43. The van der Waals surface area contributed by atoms with Gasteiger partial charge in [0.25, 0.3) is 0 Å². The third-order valence-electron chi connectivity index (χ3n) is 5.42. The van der Waals surface area contributed by atoms with Crippen molar-refractivity contribution in [3.63, 3.8) is 0 Å². The Morgan fingerprint density at radius 1 is 0.824 bits per heavy atom. The molecule has 34 heavy (non-hydrogen) atoms. The Labute approximate surface area is 202 Å². The van der Waals surface area contributed by atoms with E-state index in [2.05, 4.69) is 10.6 Å². The van der Waals surface area contributed by atoms with Gasteiger partial charge in [0.2, 0.25) is 11.8 Å². The maximum atomic E-state index is 12.3. The Hall–Kier alpha value is -3.41. The first-order chi connectivity index (χ1) is 16.5. The van der Waals surface area contributed by atoms with E-state index in [0.717, 1.165) is 48.3 Å². The van der Waals surface area contributed by atoms with Crippen molar-refractivity contribution < 1.29 is 14.0 Å². The maximum Gasteiger partial charge on any atom is 0.220 e. The van der Waals surface area contributed by atoms with Crippen LogP contribution in [0.1, 0.15) is 58.3 Å². The van der Waals surface area contributed by atoms with Gasteiger partial charge in [-0.05, 0) is 26.7 Å². The molecule has 1 aromatic heterocycles. The lowest BCUT2D eigenvalue weighted by Gasteiger charge is -2.08.